The van der Waals surface area contributed by atoms with Crippen LogP contribution < -0.4 is 5.46 Å². The van der Waals surface area contributed by atoms with Crippen molar-refractivity contribution in [2.45, 2.75) is 89.4 Å². The number of piperidine rings is 1. The number of carbonyl (C=O) groups excluding carboxylic acids is 1. The van der Waals surface area contributed by atoms with Crippen LogP contribution in [-0.2, 0) is 18.8 Å². The molecule has 3 saturated heterocycles. The Labute approximate surface area is 186 Å². The zero-order chi connectivity index (χ0) is 21.9. The van der Waals surface area contributed by atoms with Gasteiger partial charge < -0.3 is 18.9 Å². The van der Waals surface area contributed by atoms with Gasteiger partial charge in [-0.15, -0.1) is 0 Å². The van der Waals surface area contributed by atoms with E-state index in [1.807, 2.05) is 0 Å². The molecule has 4 aliphatic rings. The molecule has 3 aliphatic heterocycles. The largest absolute Gasteiger partial charge is 0.494 e. The minimum atomic E-state index is -0.313. The Kier molecular flexibility index (Phi) is 5.27. The maximum atomic E-state index is 12.6. The molecule has 1 amide bonds. The first-order valence-corrected chi connectivity index (χ1v) is 12.0. The van der Waals surface area contributed by atoms with E-state index in [1.165, 1.54) is 12.0 Å². The van der Waals surface area contributed by atoms with Crippen molar-refractivity contribution in [1.29, 1.82) is 0 Å². The minimum absolute atomic E-state index is 0.152. The Hall–Kier alpha value is -1.37. The molecule has 4 fully saturated rings. The SMILES string of the molecule is CC1(C)OB(c2ccc(C3CC34CCN(C(=O)CC3CCCO3)CC4)cc2)OC1(C)C. The van der Waals surface area contributed by atoms with Crippen molar-refractivity contribution in [1.82, 2.24) is 4.90 Å². The van der Waals surface area contributed by atoms with Gasteiger partial charge in [0, 0.05) is 19.7 Å². The van der Waals surface area contributed by atoms with Crippen LogP contribution in [0, 0.1) is 5.41 Å². The first kappa shape index (κ1) is 21.5. The van der Waals surface area contributed by atoms with Crippen LogP contribution in [0.15, 0.2) is 24.3 Å². The van der Waals surface area contributed by atoms with Crippen LogP contribution in [0.4, 0.5) is 0 Å². The van der Waals surface area contributed by atoms with Crippen LogP contribution in [0.5, 0.6) is 0 Å². The predicted octanol–water partition coefficient (Wildman–Crippen LogP) is 3.65. The van der Waals surface area contributed by atoms with Crippen molar-refractivity contribution in [2.75, 3.05) is 19.7 Å². The summed E-state index contributed by atoms with van der Waals surface area (Å²) in [6.07, 6.45) is 6.33. The highest BCUT2D eigenvalue weighted by atomic mass is 16.7. The van der Waals surface area contributed by atoms with Crippen LogP contribution in [0.3, 0.4) is 0 Å². The van der Waals surface area contributed by atoms with E-state index >= 15 is 0 Å². The predicted molar refractivity (Wildman–Crippen MR) is 121 cm³/mol. The third-order valence-electron chi connectivity index (χ3n) is 8.59. The normalized spacial score (nSPS) is 30.7. The summed E-state index contributed by atoms with van der Waals surface area (Å²) in [5, 5.41) is 0. The molecule has 2 atom stereocenters. The summed E-state index contributed by atoms with van der Waals surface area (Å²) in [6.45, 7) is 11.0. The number of rotatable bonds is 4. The van der Waals surface area contributed by atoms with E-state index < -0.39 is 0 Å². The molecule has 168 valence electrons. The number of likely N-dealkylation sites (tertiary alicyclic amines) is 1. The fraction of sp³-hybridized carbons (Fsp3) is 0.720. The third kappa shape index (κ3) is 3.96. The quantitative estimate of drug-likeness (QED) is 0.691. The summed E-state index contributed by atoms with van der Waals surface area (Å²) in [7, 11) is -0.301. The Balaban J connectivity index is 1.16. The van der Waals surface area contributed by atoms with Gasteiger partial charge >= 0.3 is 7.12 Å². The molecule has 2 unspecified atom stereocenters. The lowest BCUT2D eigenvalue weighted by Crippen LogP contribution is -2.41. The van der Waals surface area contributed by atoms with Gasteiger partial charge in [0.1, 0.15) is 0 Å². The topological polar surface area (TPSA) is 48.0 Å². The van der Waals surface area contributed by atoms with E-state index in [0.717, 1.165) is 50.8 Å². The lowest BCUT2D eigenvalue weighted by atomic mass is 9.78. The average molecular weight is 425 g/mol. The fourth-order valence-electron chi connectivity index (χ4n) is 5.57. The lowest BCUT2D eigenvalue weighted by Gasteiger charge is -2.33. The summed E-state index contributed by atoms with van der Waals surface area (Å²) < 4.78 is 18.0. The molecule has 1 aromatic rings. The zero-order valence-electron chi connectivity index (χ0n) is 19.5. The van der Waals surface area contributed by atoms with Crippen molar-refractivity contribution < 1.29 is 18.8 Å². The van der Waals surface area contributed by atoms with E-state index in [1.54, 1.807) is 0 Å². The first-order valence-electron chi connectivity index (χ1n) is 12.0. The molecule has 0 aromatic heterocycles. The molecule has 5 rings (SSSR count). The number of benzene rings is 1. The summed E-state index contributed by atoms with van der Waals surface area (Å²) in [5.74, 6) is 0.904. The van der Waals surface area contributed by atoms with Gasteiger partial charge in [0.25, 0.3) is 0 Å². The Bertz CT molecular complexity index is 806. The molecule has 3 heterocycles. The van der Waals surface area contributed by atoms with Crippen LogP contribution in [-0.4, -0.2) is 54.9 Å². The summed E-state index contributed by atoms with van der Waals surface area (Å²) >= 11 is 0. The van der Waals surface area contributed by atoms with E-state index in [2.05, 4.69) is 56.9 Å². The van der Waals surface area contributed by atoms with Gasteiger partial charge in [-0.1, -0.05) is 24.3 Å². The molecule has 31 heavy (non-hydrogen) atoms. The van der Waals surface area contributed by atoms with Crippen molar-refractivity contribution in [2.24, 2.45) is 5.41 Å². The highest BCUT2D eigenvalue weighted by Gasteiger charge is 2.56. The molecule has 1 aliphatic carbocycles. The van der Waals surface area contributed by atoms with Gasteiger partial charge in [0.15, 0.2) is 0 Å². The summed E-state index contributed by atoms with van der Waals surface area (Å²) in [4.78, 5) is 14.7. The zero-order valence-corrected chi connectivity index (χ0v) is 19.5. The monoisotopic (exact) mass is 425 g/mol. The van der Waals surface area contributed by atoms with Gasteiger partial charge in [-0.2, -0.15) is 0 Å². The van der Waals surface area contributed by atoms with Crippen LogP contribution in [0.25, 0.3) is 0 Å². The maximum absolute atomic E-state index is 12.6. The molecule has 1 spiro atoms. The second-order valence-corrected chi connectivity index (χ2v) is 11.1. The second kappa shape index (κ2) is 7.60. The molecular formula is C25H36BNO4. The van der Waals surface area contributed by atoms with Crippen molar-refractivity contribution in [3.63, 3.8) is 0 Å². The Morgan fingerprint density at radius 2 is 1.71 bits per heavy atom. The van der Waals surface area contributed by atoms with Crippen molar-refractivity contribution in [3.8, 4) is 0 Å². The molecule has 0 N–H and O–H groups in total. The Morgan fingerprint density at radius 1 is 1.06 bits per heavy atom. The Morgan fingerprint density at radius 3 is 2.29 bits per heavy atom. The van der Waals surface area contributed by atoms with E-state index in [4.69, 9.17) is 14.0 Å². The first-order chi connectivity index (χ1) is 14.7. The van der Waals surface area contributed by atoms with Gasteiger partial charge in [-0.3, -0.25) is 4.79 Å². The lowest BCUT2D eigenvalue weighted by molar-refractivity contribution is -0.135. The number of carbonyl (C=O) groups is 1. The van der Waals surface area contributed by atoms with Gasteiger partial charge in [0.2, 0.25) is 5.91 Å². The highest BCUT2D eigenvalue weighted by Crippen LogP contribution is 2.64. The maximum Gasteiger partial charge on any atom is 0.494 e. The van der Waals surface area contributed by atoms with E-state index in [0.29, 0.717) is 17.8 Å². The standard InChI is InChI=1S/C25H36BNO4/c1-23(2)24(3,4)31-26(30-23)19-9-7-18(8-10-19)21-17-25(21)11-13-27(14-12-25)22(28)16-20-6-5-15-29-20/h7-10,20-21H,5-6,11-17H2,1-4H3. The molecule has 1 saturated carbocycles. The number of ether oxygens (including phenoxy) is 1. The van der Waals surface area contributed by atoms with Crippen LogP contribution >= 0.6 is 0 Å². The van der Waals surface area contributed by atoms with Crippen LogP contribution in [0.1, 0.15) is 77.7 Å². The second-order valence-electron chi connectivity index (χ2n) is 11.1. The number of nitrogens with zero attached hydrogens (tertiary/aromatic N) is 1. The third-order valence-corrected chi connectivity index (χ3v) is 8.59. The van der Waals surface area contributed by atoms with Crippen molar-refractivity contribution in [3.05, 3.63) is 29.8 Å². The fourth-order valence-corrected chi connectivity index (χ4v) is 5.57. The molecule has 1 aromatic carbocycles. The number of hydrogen-bond acceptors (Lipinski definition) is 4. The molecule has 6 heteroatoms. The average Bonchev–Trinajstić information content (AvgIpc) is 3.06. The van der Waals surface area contributed by atoms with E-state index in [-0.39, 0.29) is 30.3 Å². The highest BCUT2D eigenvalue weighted by molar-refractivity contribution is 6.62. The molecular weight excluding hydrogens is 389 g/mol. The minimum Gasteiger partial charge on any atom is -0.399 e. The molecule has 5 nitrogen and oxygen atoms in total. The smallest absolute Gasteiger partial charge is 0.399 e. The molecule has 0 bridgehead atoms. The van der Waals surface area contributed by atoms with Gasteiger partial charge in [-0.25, -0.2) is 0 Å². The van der Waals surface area contributed by atoms with Gasteiger partial charge in [-0.05, 0) is 82.2 Å². The van der Waals surface area contributed by atoms with E-state index in [9.17, 15) is 4.79 Å². The molecule has 0 radical (unpaired) electrons. The van der Waals surface area contributed by atoms with Crippen LogP contribution in [0.2, 0.25) is 0 Å². The number of hydrogen-bond donors (Lipinski definition) is 0. The van der Waals surface area contributed by atoms with Gasteiger partial charge in [0.05, 0.1) is 23.7 Å². The summed E-state index contributed by atoms with van der Waals surface area (Å²) in [5.41, 5.74) is 2.27. The van der Waals surface area contributed by atoms with Crippen molar-refractivity contribution >= 4 is 18.5 Å². The number of amides is 1. The summed E-state index contributed by atoms with van der Waals surface area (Å²) in [6, 6.07) is 8.86.